The Morgan fingerprint density at radius 1 is 0.181 bits per heavy atom. The zero-order chi connectivity index (χ0) is 61.8. The third-order valence-corrected chi connectivity index (χ3v) is 23.8. The Morgan fingerprint density at radius 2 is 0.521 bits per heavy atom. The largest absolute Gasteiger partial charge is 0.308 e. The molecule has 0 aliphatic heterocycles. The minimum atomic E-state index is 1.19. The summed E-state index contributed by atoms with van der Waals surface area (Å²) >= 11 is 7.64. The van der Waals surface area contributed by atoms with E-state index >= 15 is 0 Å². The van der Waals surface area contributed by atoms with Gasteiger partial charge < -0.3 is 9.13 Å². The van der Waals surface area contributed by atoms with Crippen molar-refractivity contribution >= 4 is 148 Å². The quantitative estimate of drug-likeness (QED) is 0.143. The topological polar surface area (TPSA) is 9.86 Å². The lowest BCUT2D eigenvalue weighted by Crippen LogP contribution is -1.93. The van der Waals surface area contributed by atoms with E-state index in [0.29, 0.717) is 0 Å². The van der Waals surface area contributed by atoms with Crippen LogP contribution in [0.5, 0.6) is 0 Å². The van der Waals surface area contributed by atoms with Crippen molar-refractivity contribution in [3.8, 4) is 78.1 Å². The van der Waals surface area contributed by atoms with Gasteiger partial charge in [0.25, 0.3) is 0 Å². The molecule has 0 N–H and O–H groups in total. The highest BCUT2D eigenvalue weighted by atomic mass is 32.1. The van der Waals surface area contributed by atoms with E-state index < -0.39 is 0 Å². The van der Waals surface area contributed by atoms with E-state index in [-0.39, 0.29) is 0 Å². The molecule has 0 radical (unpaired) electrons. The van der Waals surface area contributed by atoms with Crippen LogP contribution in [-0.2, 0) is 0 Å². The maximum Gasteiger partial charge on any atom is 0.0727 e. The summed E-state index contributed by atoms with van der Waals surface area (Å²) < 4.78 is 15.5. The molecule has 0 saturated carbocycles. The Labute approximate surface area is 558 Å². The second-order valence-electron chi connectivity index (χ2n) is 24.1. The molecule has 20 rings (SSSR count). The molecule has 6 heteroatoms. The summed E-state index contributed by atoms with van der Waals surface area (Å²) in [5, 5.41) is 10.5. The predicted octanol–water partition coefficient (Wildman–Crippen LogP) is 26.7. The second kappa shape index (κ2) is 22.4. The molecular formula is C88H54N2S4. The number of thiophene rings is 4. The van der Waals surface area contributed by atoms with E-state index in [4.69, 9.17) is 0 Å². The van der Waals surface area contributed by atoms with Gasteiger partial charge in [0.15, 0.2) is 0 Å². The molecule has 20 aromatic rings. The molecule has 6 heterocycles. The maximum atomic E-state index is 2.45. The van der Waals surface area contributed by atoms with Gasteiger partial charge in [0.1, 0.15) is 0 Å². The molecule has 440 valence electrons. The average molecular weight is 1270 g/mol. The second-order valence-corrected chi connectivity index (χ2v) is 28.3. The van der Waals surface area contributed by atoms with Gasteiger partial charge in [-0.25, -0.2) is 0 Å². The first-order chi connectivity index (χ1) is 46.7. The number of nitrogens with zero attached hydrogens (tertiary/aromatic N) is 2. The lowest BCUT2D eigenvalue weighted by atomic mass is 9.93. The Hall–Kier alpha value is -11.0. The molecule has 0 atom stereocenters. The van der Waals surface area contributed by atoms with Crippen LogP contribution >= 0.6 is 45.3 Å². The number of benzene rings is 14. The number of hydrogen-bond donors (Lipinski definition) is 0. The molecule has 0 saturated heterocycles. The Morgan fingerprint density at radius 3 is 1.03 bits per heavy atom. The van der Waals surface area contributed by atoms with Gasteiger partial charge in [-0.1, -0.05) is 279 Å². The molecular weight excluding hydrogens is 1210 g/mol. The van der Waals surface area contributed by atoms with E-state index in [2.05, 4.69) is 337 Å². The van der Waals surface area contributed by atoms with Crippen LogP contribution in [0.1, 0.15) is 0 Å². The van der Waals surface area contributed by atoms with Crippen LogP contribution in [0.15, 0.2) is 328 Å². The fourth-order valence-corrected chi connectivity index (χ4v) is 19.9. The first-order valence-electron chi connectivity index (χ1n) is 31.9. The summed E-state index contributed by atoms with van der Waals surface area (Å²) in [4.78, 5) is 0. The Balaban J connectivity index is 0.000000133. The third-order valence-electron chi connectivity index (χ3n) is 18.9. The summed E-state index contributed by atoms with van der Waals surface area (Å²) in [6, 6.07) is 120. The van der Waals surface area contributed by atoms with Crippen LogP contribution in [0, 0.1) is 0 Å². The van der Waals surface area contributed by atoms with Crippen LogP contribution in [-0.4, -0.2) is 9.13 Å². The molecule has 0 amide bonds. The van der Waals surface area contributed by atoms with Crippen LogP contribution < -0.4 is 0 Å². The van der Waals surface area contributed by atoms with Gasteiger partial charge in [-0.15, -0.1) is 45.3 Å². The highest BCUT2D eigenvalue weighted by Crippen LogP contribution is 2.51. The van der Waals surface area contributed by atoms with Crippen molar-refractivity contribution in [1.29, 1.82) is 0 Å². The number of fused-ring (bicyclic) bond motifs is 16. The van der Waals surface area contributed by atoms with Gasteiger partial charge in [-0.3, -0.25) is 0 Å². The Kier molecular flexibility index (Phi) is 13.1. The fourth-order valence-electron chi connectivity index (χ4n) is 14.7. The van der Waals surface area contributed by atoms with Crippen molar-refractivity contribution in [1.82, 2.24) is 9.13 Å². The number of rotatable bonds is 8. The highest BCUT2D eigenvalue weighted by molar-refractivity contribution is 7.28. The summed E-state index contributed by atoms with van der Waals surface area (Å²) in [6.45, 7) is 0. The standard InChI is InChI=1S/2C44H27NS2/c1-3-14-28(15-4-1)30-21-11-24-35-36-25-12-22-33(42(36)46-41(30)35)31-18-7-8-19-32(31)34-23-13-26-38-40-44(47-43(34)38)37-20-9-10-27-39(37)45(40)29-16-5-2-6-17-29;1-3-12-28(13-4-1)29-22-24-34-35-25-23-30(27-41(35)46-40(34)26-29)32-16-7-8-17-33(32)36-19-11-20-38-42-44(47-43(36)38)37-18-9-10-21-39(37)45(42)31-14-5-2-6-15-31/h2*1-27H. The zero-order valence-corrected chi connectivity index (χ0v) is 54.0. The van der Waals surface area contributed by atoms with Crippen molar-refractivity contribution in [3.05, 3.63) is 328 Å². The Bertz CT molecular complexity index is 6340. The van der Waals surface area contributed by atoms with E-state index in [0.717, 1.165) is 0 Å². The normalized spacial score (nSPS) is 11.8. The van der Waals surface area contributed by atoms with Gasteiger partial charge in [-0.05, 0) is 98.6 Å². The molecule has 14 aromatic carbocycles. The molecule has 6 aromatic heterocycles. The third kappa shape index (κ3) is 8.79. The minimum absolute atomic E-state index is 1.19. The van der Waals surface area contributed by atoms with E-state index in [1.165, 1.54) is 181 Å². The van der Waals surface area contributed by atoms with Crippen molar-refractivity contribution in [2.24, 2.45) is 0 Å². The number of para-hydroxylation sites is 4. The monoisotopic (exact) mass is 1270 g/mol. The summed E-state index contributed by atoms with van der Waals surface area (Å²) in [5.41, 5.74) is 22.7. The SMILES string of the molecule is c1ccc(-c2ccc3c(c2)sc2cc(-c4ccccc4-c4cccc5c4sc4c6ccccc6n(-c6ccccc6)c54)ccc23)cc1.c1ccc(-c2cccc3c2sc2c(-c4ccccc4-c4cccc5c4sc4c6ccccc6n(-c6ccccc6)c54)cccc23)cc1. The summed E-state index contributed by atoms with van der Waals surface area (Å²) in [6.07, 6.45) is 0. The molecule has 0 aliphatic rings. The molecule has 0 fully saturated rings. The van der Waals surface area contributed by atoms with Crippen LogP contribution in [0.25, 0.3) is 181 Å². The average Bonchev–Trinajstić information content (AvgIpc) is 1.58. The summed E-state index contributed by atoms with van der Waals surface area (Å²) in [7, 11) is 0. The summed E-state index contributed by atoms with van der Waals surface area (Å²) in [5.74, 6) is 0. The molecule has 0 spiro atoms. The molecule has 0 aliphatic carbocycles. The van der Waals surface area contributed by atoms with Crippen molar-refractivity contribution in [2.45, 2.75) is 0 Å². The molecule has 2 nitrogen and oxygen atoms in total. The van der Waals surface area contributed by atoms with E-state index in [1.54, 1.807) is 0 Å². The van der Waals surface area contributed by atoms with Crippen molar-refractivity contribution < 1.29 is 0 Å². The van der Waals surface area contributed by atoms with Gasteiger partial charge >= 0.3 is 0 Å². The number of aromatic nitrogens is 2. The minimum Gasteiger partial charge on any atom is -0.308 e. The van der Waals surface area contributed by atoms with Gasteiger partial charge in [0.2, 0.25) is 0 Å². The smallest absolute Gasteiger partial charge is 0.0727 e. The molecule has 94 heavy (non-hydrogen) atoms. The molecule has 0 bridgehead atoms. The lowest BCUT2D eigenvalue weighted by Gasteiger charge is -2.13. The zero-order valence-electron chi connectivity index (χ0n) is 50.7. The van der Waals surface area contributed by atoms with Crippen LogP contribution in [0.3, 0.4) is 0 Å². The first kappa shape index (κ1) is 54.7. The van der Waals surface area contributed by atoms with Crippen molar-refractivity contribution in [2.75, 3.05) is 0 Å². The van der Waals surface area contributed by atoms with Crippen LogP contribution in [0.2, 0.25) is 0 Å². The van der Waals surface area contributed by atoms with E-state index in [1.807, 2.05) is 45.3 Å². The van der Waals surface area contributed by atoms with Gasteiger partial charge in [0.05, 0.1) is 31.5 Å². The molecule has 0 unspecified atom stereocenters. The highest BCUT2D eigenvalue weighted by Gasteiger charge is 2.24. The predicted molar refractivity (Wildman–Crippen MR) is 411 cm³/mol. The first-order valence-corrected chi connectivity index (χ1v) is 35.1. The fraction of sp³-hybridized carbons (Fsp3) is 0. The van der Waals surface area contributed by atoms with Crippen LogP contribution in [0.4, 0.5) is 0 Å². The van der Waals surface area contributed by atoms with Gasteiger partial charge in [-0.2, -0.15) is 0 Å². The van der Waals surface area contributed by atoms with E-state index in [9.17, 15) is 0 Å². The van der Waals surface area contributed by atoms with Crippen molar-refractivity contribution in [3.63, 3.8) is 0 Å². The lowest BCUT2D eigenvalue weighted by molar-refractivity contribution is 1.19. The maximum absolute atomic E-state index is 2.45. The number of hydrogen-bond acceptors (Lipinski definition) is 4. The van der Waals surface area contributed by atoms with Gasteiger partial charge in [0, 0.05) is 99.4 Å².